The molecule has 3 aromatic rings. The van der Waals surface area contributed by atoms with E-state index in [9.17, 15) is 9.18 Å². The summed E-state index contributed by atoms with van der Waals surface area (Å²) in [7, 11) is 4.05. The van der Waals surface area contributed by atoms with Crippen molar-refractivity contribution in [2.45, 2.75) is 19.0 Å². The van der Waals surface area contributed by atoms with E-state index in [1.165, 1.54) is 33.7 Å². The number of rotatable bonds is 6. The third kappa shape index (κ3) is 4.94. The zero-order valence-corrected chi connectivity index (χ0v) is 18.1. The summed E-state index contributed by atoms with van der Waals surface area (Å²) in [6.07, 6.45) is 1.02. The number of halogens is 1. The van der Waals surface area contributed by atoms with Gasteiger partial charge in [-0.1, -0.05) is 42.5 Å². The number of quaternary nitrogens is 1. The molecule has 0 bridgehead atoms. The summed E-state index contributed by atoms with van der Waals surface area (Å²) in [5.74, 6) is -0.645. The molecular weight excluding hydrogens is 389 g/mol. The Bertz CT molecular complexity index is 1050. The Hall–Kier alpha value is -3.18. The first kappa shape index (κ1) is 21.1. The van der Waals surface area contributed by atoms with Gasteiger partial charge in [-0.05, 0) is 35.9 Å². The molecule has 1 aliphatic rings. The van der Waals surface area contributed by atoms with Crippen LogP contribution >= 0.6 is 0 Å². The van der Waals surface area contributed by atoms with Crippen LogP contribution in [0.5, 0.6) is 0 Å². The lowest BCUT2D eigenvalue weighted by Crippen LogP contribution is -3.12. The summed E-state index contributed by atoms with van der Waals surface area (Å²) in [6.45, 7) is 2.42. The second-order valence-electron chi connectivity index (χ2n) is 8.36. The highest BCUT2D eigenvalue weighted by Crippen LogP contribution is 2.19. The average molecular weight is 419 g/mol. The predicted molar refractivity (Wildman–Crippen MR) is 122 cm³/mol. The van der Waals surface area contributed by atoms with Gasteiger partial charge in [-0.15, -0.1) is 0 Å². The van der Waals surface area contributed by atoms with Crippen LogP contribution in [0.25, 0.3) is 0 Å². The number of benzene rings is 3. The molecule has 3 aromatic carbocycles. The highest BCUT2D eigenvalue weighted by Gasteiger charge is 2.29. The Balaban J connectivity index is 1.56. The van der Waals surface area contributed by atoms with Crippen LogP contribution in [0.3, 0.4) is 0 Å². The fourth-order valence-corrected chi connectivity index (χ4v) is 4.33. The van der Waals surface area contributed by atoms with E-state index in [0.717, 1.165) is 25.2 Å². The van der Waals surface area contributed by atoms with E-state index in [1.807, 2.05) is 14.1 Å². The zero-order chi connectivity index (χ0) is 21.8. The number of hydrogen-bond donors (Lipinski definition) is 2. The highest BCUT2D eigenvalue weighted by atomic mass is 19.1. The van der Waals surface area contributed by atoms with Gasteiger partial charge >= 0.3 is 0 Å². The van der Waals surface area contributed by atoms with Crippen molar-refractivity contribution >= 4 is 11.6 Å². The maximum atomic E-state index is 13.5. The molecule has 0 aromatic heterocycles. The number of carbonyl (C=O) groups is 1. The summed E-state index contributed by atoms with van der Waals surface area (Å²) < 4.78 is 13.5. The van der Waals surface area contributed by atoms with Crippen LogP contribution < -0.4 is 15.1 Å². The van der Waals surface area contributed by atoms with Gasteiger partial charge in [0.25, 0.3) is 5.91 Å². The smallest absolute Gasteiger partial charge is 0.251 e. The fraction of sp³-hybridized carbons (Fsp3) is 0.269. The molecule has 4 rings (SSSR count). The molecule has 0 saturated carbocycles. The first-order valence-electron chi connectivity index (χ1n) is 10.7. The second-order valence-corrected chi connectivity index (χ2v) is 8.36. The van der Waals surface area contributed by atoms with E-state index in [1.54, 1.807) is 12.1 Å². The quantitative estimate of drug-likeness (QED) is 0.646. The number of anilines is 1. The Labute approximate surface area is 183 Å². The van der Waals surface area contributed by atoms with E-state index in [4.69, 9.17) is 0 Å². The van der Waals surface area contributed by atoms with Crippen LogP contribution in [0.2, 0.25) is 0 Å². The van der Waals surface area contributed by atoms with Crippen molar-refractivity contribution in [2.75, 3.05) is 32.1 Å². The van der Waals surface area contributed by atoms with Gasteiger partial charge in [-0.25, -0.2) is 4.39 Å². The summed E-state index contributed by atoms with van der Waals surface area (Å²) in [5, 5.41) is 3.05. The molecule has 2 N–H and O–H groups in total. The number of nitrogens with one attached hydrogen (secondary N) is 2. The topological polar surface area (TPSA) is 36.8 Å². The molecule has 0 aliphatic carbocycles. The van der Waals surface area contributed by atoms with E-state index in [-0.39, 0.29) is 11.9 Å². The SMILES string of the molecule is CN(C)c1ccc([C@H](CNC(=O)c2cccc(F)c2)[NH+]2CCc3ccccc3C2)cc1. The van der Waals surface area contributed by atoms with Crippen molar-refractivity contribution in [3.05, 3.63) is 101 Å². The van der Waals surface area contributed by atoms with Gasteiger partial charge in [0, 0.05) is 42.9 Å². The van der Waals surface area contributed by atoms with Gasteiger partial charge in [0.1, 0.15) is 18.4 Å². The first-order valence-corrected chi connectivity index (χ1v) is 10.7. The van der Waals surface area contributed by atoms with E-state index < -0.39 is 5.82 Å². The fourth-order valence-electron chi connectivity index (χ4n) is 4.33. The summed E-state index contributed by atoms with van der Waals surface area (Å²) in [5.41, 5.74) is 5.47. The van der Waals surface area contributed by atoms with E-state index in [0.29, 0.717) is 12.1 Å². The zero-order valence-electron chi connectivity index (χ0n) is 18.1. The molecule has 1 aliphatic heterocycles. The molecular formula is C26H29FN3O+. The lowest BCUT2D eigenvalue weighted by Gasteiger charge is -2.33. The van der Waals surface area contributed by atoms with Crippen LogP contribution in [-0.2, 0) is 13.0 Å². The largest absolute Gasteiger partial charge is 0.378 e. The minimum atomic E-state index is -0.401. The van der Waals surface area contributed by atoms with E-state index in [2.05, 4.69) is 58.7 Å². The molecule has 31 heavy (non-hydrogen) atoms. The Morgan fingerprint density at radius 1 is 1.03 bits per heavy atom. The van der Waals surface area contributed by atoms with Crippen molar-refractivity contribution < 1.29 is 14.1 Å². The maximum absolute atomic E-state index is 13.5. The molecule has 5 heteroatoms. The number of amides is 1. The summed E-state index contributed by atoms with van der Waals surface area (Å²) in [4.78, 5) is 16.2. The summed E-state index contributed by atoms with van der Waals surface area (Å²) in [6, 6.07) is 23.1. The Morgan fingerprint density at radius 2 is 1.77 bits per heavy atom. The minimum absolute atomic E-state index is 0.113. The van der Waals surface area contributed by atoms with Crippen LogP contribution in [0.15, 0.2) is 72.8 Å². The van der Waals surface area contributed by atoms with Crippen LogP contribution in [-0.4, -0.2) is 33.1 Å². The molecule has 1 amide bonds. The second kappa shape index (κ2) is 9.31. The van der Waals surface area contributed by atoms with Crippen molar-refractivity contribution in [3.63, 3.8) is 0 Å². The third-order valence-corrected chi connectivity index (χ3v) is 6.11. The number of hydrogen-bond acceptors (Lipinski definition) is 2. The lowest BCUT2D eigenvalue weighted by atomic mass is 9.96. The Kier molecular flexibility index (Phi) is 6.33. The average Bonchev–Trinajstić information content (AvgIpc) is 2.79. The lowest BCUT2D eigenvalue weighted by molar-refractivity contribution is -0.945. The normalized spacial score (nSPS) is 16.3. The van der Waals surface area contributed by atoms with Crippen molar-refractivity contribution in [1.82, 2.24) is 5.32 Å². The van der Waals surface area contributed by atoms with Gasteiger partial charge in [0.2, 0.25) is 0 Å². The Morgan fingerprint density at radius 3 is 2.48 bits per heavy atom. The molecule has 1 heterocycles. The summed E-state index contributed by atoms with van der Waals surface area (Å²) >= 11 is 0. The maximum Gasteiger partial charge on any atom is 0.251 e. The number of fused-ring (bicyclic) bond motifs is 1. The highest BCUT2D eigenvalue weighted by molar-refractivity contribution is 5.94. The standard InChI is InChI=1S/C26H28FN3O/c1-29(2)24-12-10-20(11-13-24)25(17-28-26(31)21-8-5-9-23(27)16-21)30-15-14-19-6-3-4-7-22(19)18-30/h3-13,16,25H,14-15,17-18H2,1-2H3,(H,28,31)/p+1/t25-/m0/s1. The molecule has 0 spiro atoms. The van der Waals surface area contributed by atoms with Gasteiger partial charge in [0.15, 0.2) is 0 Å². The van der Waals surface area contributed by atoms with Crippen LogP contribution in [0.4, 0.5) is 10.1 Å². The van der Waals surface area contributed by atoms with Gasteiger partial charge in [-0.2, -0.15) is 0 Å². The molecule has 0 radical (unpaired) electrons. The van der Waals surface area contributed by atoms with Crippen molar-refractivity contribution in [2.24, 2.45) is 0 Å². The van der Waals surface area contributed by atoms with Crippen molar-refractivity contribution in [3.8, 4) is 0 Å². The molecule has 4 nitrogen and oxygen atoms in total. The molecule has 0 saturated heterocycles. The van der Waals surface area contributed by atoms with Gasteiger partial charge in [0.05, 0.1) is 13.1 Å². The molecule has 2 atom stereocenters. The van der Waals surface area contributed by atoms with Crippen LogP contribution in [0.1, 0.15) is 33.1 Å². The predicted octanol–water partition coefficient (Wildman–Crippen LogP) is 3.00. The van der Waals surface area contributed by atoms with Gasteiger partial charge in [-0.3, -0.25) is 4.79 Å². The minimum Gasteiger partial charge on any atom is -0.378 e. The van der Waals surface area contributed by atoms with Crippen LogP contribution in [0, 0.1) is 5.82 Å². The third-order valence-electron chi connectivity index (χ3n) is 6.11. The first-order chi connectivity index (χ1) is 15.0. The van der Waals surface area contributed by atoms with Crippen molar-refractivity contribution in [1.29, 1.82) is 0 Å². The number of carbonyl (C=O) groups excluding carboxylic acids is 1. The van der Waals surface area contributed by atoms with Gasteiger partial charge < -0.3 is 15.1 Å². The molecule has 1 unspecified atom stereocenters. The molecule has 160 valence electrons. The monoisotopic (exact) mass is 418 g/mol. The molecule has 0 fully saturated rings. The van der Waals surface area contributed by atoms with E-state index >= 15 is 0 Å². The number of nitrogens with zero attached hydrogens (tertiary/aromatic N) is 1.